The minimum absolute atomic E-state index is 0.0425. The molecule has 0 unspecified atom stereocenters. The number of benzene rings is 4. The molecule has 0 amide bonds. The lowest BCUT2D eigenvalue weighted by atomic mass is 9.78. The van der Waals surface area contributed by atoms with Gasteiger partial charge in [-0.1, -0.05) is 108 Å². The molecule has 0 aliphatic heterocycles. The van der Waals surface area contributed by atoms with E-state index in [0.717, 1.165) is 38.2 Å². The number of aryl methyl sites for hydroxylation is 2. The Morgan fingerprint density at radius 3 is 1.30 bits per heavy atom. The molecule has 0 radical (unpaired) electrons. The first-order valence-corrected chi connectivity index (χ1v) is 10.4. The standard InChI is InChI=1S/C28H20OS/c1-17-9-13-19(14-10-17)21-5-3-7-23-25(21)27(29)26-22(6-4-8-24(26)28(23)30)20-15-11-18(2)12-16-20/h3-16H,1-2H3. The molecule has 30 heavy (non-hydrogen) atoms. The van der Waals surface area contributed by atoms with Crippen LogP contribution in [0.2, 0.25) is 0 Å². The lowest BCUT2D eigenvalue weighted by molar-refractivity contribution is 0.103. The highest BCUT2D eigenvalue weighted by atomic mass is 32.1. The van der Waals surface area contributed by atoms with E-state index in [1.54, 1.807) is 0 Å². The van der Waals surface area contributed by atoms with Crippen LogP contribution in [0.15, 0.2) is 84.9 Å². The van der Waals surface area contributed by atoms with Crippen molar-refractivity contribution in [3.8, 4) is 22.3 Å². The second-order valence-corrected chi connectivity index (χ2v) is 8.25. The maximum atomic E-state index is 13.9. The number of hydrogen-bond acceptors (Lipinski definition) is 2. The van der Waals surface area contributed by atoms with Gasteiger partial charge in [0.25, 0.3) is 0 Å². The van der Waals surface area contributed by atoms with Gasteiger partial charge >= 0.3 is 0 Å². The largest absolute Gasteiger partial charge is 0.289 e. The van der Waals surface area contributed by atoms with Crippen molar-refractivity contribution in [2.75, 3.05) is 0 Å². The molecular formula is C28H20OS. The van der Waals surface area contributed by atoms with Crippen LogP contribution in [0.25, 0.3) is 22.3 Å². The molecule has 0 fully saturated rings. The maximum Gasteiger partial charge on any atom is 0.195 e. The topological polar surface area (TPSA) is 17.1 Å². The first-order valence-electron chi connectivity index (χ1n) is 10.0. The van der Waals surface area contributed by atoms with Gasteiger partial charge in [0.15, 0.2) is 5.78 Å². The van der Waals surface area contributed by atoms with Gasteiger partial charge in [0.1, 0.15) is 0 Å². The molecule has 0 saturated heterocycles. The van der Waals surface area contributed by atoms with E-state index < -0.39 is 0 Å². The molecule has 5 rings (SSSR count). The van der Waals surface area contributed by atoms with Gasteiger partial charge in [-0.2, -0.15) is 0 Å². The summed E-state index contributed by atoms with van der Waals surface area (Å²) in [5, 5.41) is 0. The van der Waals surface area contributed by atoms with Crippen LogP contribution < -0.4 is 0 Å². The summed E-state index contributed by atoms with van der Waals surface area (Å²) >= 11 is 5.88. The summed E-state index contributed by atoms with van der Waals surface area (Å²) in [6, 6.07) is 28.5. The fourth-order valence-electron chi connectivity index (χ4n) is 4.19. The van der Waals surface area contributed by atoms with Gasteiger partial charge in [-0.05, 0) is 36.1 Å². The fraction of sp³-hybridized carbons (Fsp3) is 0.0714. The Kier molecular flexibility index (Phi) is 4.45. The molecule has 0 bridgehead atoms. The summed E-state index contributed by atoms with van der Waals surface area (Å²) in [6.07, 6.45) is 0. The molecule has 0 heterocycles. The lowest BCUT2D eigenvalue weighted by Crippen LogP contribution is -2.22. The van der Waals surface area contributed by atoms with Crippen molar-refractivity contribution < 1.29 is 4.79 Å². The number of hydrogen-bond donors (Lipinski definition) is 0. The van der Waals surface area contributed by atoms with E-state index in [1.165, 1.54) is 11.1 Å². The quantitative estimate of drug-likeness (QED) is 0.296. The van der Waals surface area contributed by atoms with Crippen LogP contribution in [0.4, 0.5) is 0 Å². The summed E-state index contributed by atoms with van der Waals surface area (Å²) in [5.41, 5.74) is 9.43. The van der Waals surface area contributed by atoms with Crippen LogP contribution in [0.1, 0.15) is 38.2 Å². The number of thiocarbonyl (C=S) groups is 1. The van der Waals surface area contributed by atoms with Gasteiger partial charge in [0.2, 0.25) is 0 Å². The Hall–Kier alpha value is -3.36. The molecule has 0 spiro atoms. The molecule has 1 aliphatic rings. The molecule has 0 aromatic heterocycles. The second-order valence-electron chi connectivity index (χ2n) is 7.85. The molecule has 4 aromatic rings. The van der Waals surface area contributed by atoms with Crippen molar-refractivity contribution in [2.24, 2.45) is 0 Å². The summed E-state index contributed by atoms with van der Waals surface area (Å²) in [6.45, 7) is 4.13. The maximum absolute atomic E-state index is 13.9. The fourth-order valence-corrected chi connectivity index (χ4v) is 4.53. The highest BCUT2D eigenvalue weighted by Gasteiger charge is 2.31. The Morgan fingerprint density at radius 1 is 0.533 bits per heavy atom. The van der Waals surface area contributed by atoms with Crippen LogP contribution >= 0.6 is 12.2 Å². The summed E-state index contributed by atoms with van der Waals surface area (Å²) in [5.74, 6) is 0.0425. The molecule has 0 atom stereocenters. The lowest BCUT2D eigenvalue weighted by Gasteiger charge is -2.24. The minimum atomic E-state index is 0.0425. The normalized spacial score (nSPS) is 12.5. The number of rotatable bonds is 2. The van der Waals surface area contributed by atoms with E-state index in [-0.39, 0.29) is 5.78 Å². The van der Waals surface area contributed by atoms with Crippen molar-refractivity contribution in [1.29, 1.82) is 0 Å². The summed E-state index contributed by atoms with van der Waals surface area (Å²) < 4.78 is 0. The van der Waals surface area contributed by atoms with E-state index >= 15 is 0 Å². The molecule has 144 valence electrons. The van der Waals surface area contributed by atoms with Gasteiger partial charge < -0.3 is 0 Å². The van der Waals surface area contributed by atoms with Crippen LogP contribution in [0, 0.1) is 13.8 Å². The zero-order valence-electron chi connectivity index (χ0n) is 16.9. The monoisotopic (exact) mass is 404 g/mol. The molecule has 1 nitrogen and oxygen atoms in total. The minimum Gasteiger partial charge on any atom is -0.289 e. The van der Waals surface area contributed by atoms with E-state index in [0.29, 0.717) is 11.1 Å². The van der Waals surface area contributed by atoms with Crippen molar-refractivity contribution in [3.05, 3.63) is 118 Å². The number of carbonyl (C=O) groups is 1. The molecule has 1 aliphatic carbocycles. The Morgan fingerprint density at radius 2 is 0.900 bits per heavy atom. The van der Waals surface area contributed by atoms with Crippen molar-refractivity contribution >= 4 is 22.9 Å². The zero-order valence-corrected chi connectivity index (χ0v) is 17.7. The first-order chi connectivity index (χ1) is 14.5. The third kappa shape index (κ3) is 2.92. The number of carbonyl (C=O) groups excluding carboxylic acids is 1. The van der Waals surface area contributed by atoms with Gasteiger partial charge in [-0.25, -0.2) is 0 Å². The first kappa shape index (κ1) is 18.7. The van der Waals surface area contributed by atoms with E-state index in [1.807, 2.05) is 36.4 Å². The Balaban J connectivity index is 1.75. The predicted octanol–water partition coefficient (Wildman–Crippen LogP) is 6.95. The molecule has 0 N–H and O–H groups in total. The predicted molar refractivity (Wildman–Crippen MR) is 127 cm³/mol. The third-order valence-electron chi connectivity index (χ3n) is 5.80. The molecular weight excluding hydrogens is 384 g/mol. The van der Waals surface area contributed by atoms with Crippen LogP contribution in [0.3, 0.4) is 0 Å². The summed E-state index contributed by atoms with van der Waals surface area (Å²) in [7, 11) is 0. The van der Waals surface area contributed by atoms with Gasteiger partial charge in [0, 0.05) is 22.3 Å². The highest BCUT2D eigenvalue weighted by Crippen LogP contribution is 2.38. The average Bonchev–Trinajstić information content (AvgIpc) is 2.77. The summed E-state index contributed by atoms with van der Waals surface area (Å²) in [4.78, 5) is 14.7. The Labute approximate surface area is 182 Å². The SMILES string of the molecule is Cc1ccc(-c2cccc3c2C(=O)c2c(cccc2-c2ccc(C)cc2)C3=S)cc1. The third-order valence-corrected chi connectivity index (χ3v) is 6.24. The van der Waals surface area contributed by atoms with Crippen molar-refractivity contribution in [1.82, 2.24) is 0 Å². The average molecular weight is 405 g/mol. The number of ketones is 1. The smallest absolute Gasteiger partial charge is 0.195 e. The highest BCUT2D eigenvalue weighted by molar-refractivity contribution is 7.81. The van der Waals surface area contributed by atoms with Gasteiger partial charge in [-0.15, -0.1) is 0 Å². The van der Waals surface area contributed by atoms with E-state index in [2.05, 4.69) is 62.4 Å². The molecule has 4 aromatic carbocycles. The van der Waals surface area contributed by atoms with Crippen molar-refractivity contribution in [2.45, 2.75) is 13.8 Å². The van der Waals surface area contributed by atoms with Crippen LogP contribution in [0.5, 0.6) is 0 Å². The molecule has 0 saturated carbocycles. The number of fused-ring (bicyclic) bond motifs is 2. The van der Waals surface area contributed by atoms with Crippen LogP contribution in [-0.4, -0.2) is 10.6 Å². The van der Waals surface area contributed by atoms with E-state index in [9.17, 15) is 4.79 Å². The van der Waals surface area contributed by atoms with Crippen molar-refractivity contribution in [3.63, 3.8) is 0 Å². The second kappa shape index (κ2) is 7.16. The van der Waals surface area contributed by atoms with Crippen LogP contribution in [-0.2, 0) is 0 Å². The van der Waals surface area contributed by atoms with E-state index in [4.69, 9.17) is 12.2 Å². The van der Waals surface area contributed by atoms with Gasteiger partial charge in [0.05, 0.1) is 4.86 Å². The molecule has 2 heteroatoms. The zero-order chi connectivity index (χ0) is 20.8. The van der Waals surface area contributed by atoms with Gasteiger partial charge in [-0.3, -0.25) is 4.79 Å². The Bertz CT molecular complexity index is 1210.